The van der Waals surface area contributed by atoms with Gasteiger partial charge in [-0.15, -0.1) is 0 Å². The van der Waals surface area contributed by atoms with E-state index >= 15 is 0 Å². The van der Waals surface area contributed by atoms with Crippen molar-refractivity contribution >= 4 is 27.3 Å². The first kappa shape index (κ1) is 14.3. The average Bonchev–Trinajstić information content (AvgIpc) is 2.25. The van der Waals surface area contributed by atoms with E-state index in [0.717, 1.165) is 0 Å². The number of para-hydroxylation sites is 1. The van der Waals surface area contributed by atoms with Crippen LogP contribution < -0.4 is 16.2 Å². The number of hydrogen-bond acceptors (Lipinski definition) is 5. The Balaban J connectivity index is 2.96. The molecule has 0 heterocycles. The Hall–Kier alpha value is -1.80. The molecule has 0 fully saturated rings. The van der Waals surface area contributed by atoms with E-state index in [4.69, 9.17) is 10.9 Å². The maximum Gasteiger partial charge on any atom is 0.241 e. The van der Waals surface area contributed by atoms with Crippen LogP contribution in [0.4, 0.5) is 11.4 Å². The first-order valence-corrected chi connectivity index (χ1v) is 6.63. The lowest BCUT2D eigenvalue weighted by Crippen LogP contribution is -2.29. The minimum atomic E-state index is -3.87. The number of anilines is 2. The summed E-state index contributed by atoms with van der Waals surface area (Å²) >= 11 is 0. The predicted molar refractivity (Wildman–Crippen MR) is 69.4 cm³/mol. The zero-order chi connectivity index (χ0) is 13.9. The average molecular weight is 272 g/mol. The summed E-state index contributed by atoms with van der Waals surface area (Å²) in [6.45, 7) is 0.0191. The van der Waals surface area contributed by atoms with E-state index in [9.17, 15) is 13.2 Å². The Bertz CT molecular complexity index is 554. The van der Waals surface area contributed by atoms with Crippen LogP contribution in [-0.2, 0) is 14.8 Å². The van der Waals surface area contributed by atoms with Crippen molar-refractivity contribution in [3.05, 3.63) is 18.2 Å². The van der Waals surface area contributed by atoms with Gasteiger partial charge in [-0.2, -0.15) is 0 Å². The molecule has 100 valence electrons. The van der Waals surface area contributed by atoms with Crippen LogP contribution in [0.1, 0.15) is 0 Å². The van der Waals surface area contributed by atoms with Gasteiger partial charge in [-0.1, -0.05) is 6.07 Å². The molecule has 0 aliphatic heterocycles. The van der Waals surface area contributed by atoms with Crippen LogP contribution in [0.25, 0.3) is 0 Å². The number of nitrogens with zero attached hydrogens (tertiary/aromatic N) is 1. The highest BCUT2D eigenvalue weighted by molar-refractivity contribution is 7.89. The quantitative estimate of drug-likeness (QED) is 0.633. The summed E-state index contributed by atoms with van der Waals surface area (Å²) in [4.78, 5) is 12.6. The van der Waals surface area contributed by atoms with Gasteiger partial charge in [-0.25, -0.2) is 13.6 Å². The van der Waals surface area contributed by atoms with Gasteiger partial charge in [0.05, 0.1) is 17.9 Å². The SMILES string of the molecule is CN(C)C(=O)CNc1cccc(S(N)(=O)=O)c1N. The van der Waals surface area contributed by atoms with Crippen LogP contribution in [0.2, 0.25) is 0 Å². The molecule has 1 rings (SSSR count). The molecule has 0 aromatic heterocycles. The fourth-order valence-corrected chi connectivity index (χ4v) is 1.96. The maximum absolute atomic E-state index is 11.4. The van der Waals surface area contributed by atoms with E-state index in [1.807, 2.05) is 0 Å². The number of carbonyl (C=O) groups excluding carboxylic acids is 1. The van der Waals surface area contributed by atoms with Gasteiger partial charge < -0.3 is 16.0 Å². The number of nitrogen functional groups attached to an aromatic ring is 1. The highest BCUT2D eigenvalue weighted by Gasteiger charge is 2.15. The second kappa shape index (κ2) is 5.23. The number of carbonyl (C=O) groups is 1. The van der Waals surface area contributed by atoms with Gasteiger partial charge in [0.1, 0.15) is 4.90 Å². The van der Waals surface area contributed by atoms with Crippen LogP contribution >= 0.6 is 0 Å². The second-order valence-corrected chi connectivity index (χ2v) is 5.43. The Morgan fingerprint density at radius 2 is 2.00 bits per heavy atom. The minimum absolute atomic E-state index is 0.00607. The third-order valence-corrected chi connectivity index (χ3v) is 3.27. The number of amides is 1. The van der Waals surface area contributed by atoms with Gasteiger partial charge >= 0.3 is 0 Å². The van der Waals surface area contributed by atoms with Gasteiger partial charge in [0.25, 0.3) is 0 Å². The molecule has 1 aromatic rings. The second-order valence-electron chi connectivity index (χ2n) is 3.90. The smallest absolute Gasteiger partial charge is 0.241 e. The van der Waals surface area contributed by atoms with Crippen LogP contribution in [0.5, 0.6) is 0 Å². The van der Waals surface area contributed by atoms with Gasteiger partial charge in [0.15, 0.2) is 0 Å². The standard InChI is InChI=1S/C10H16N4O3S/c1-14(2)9(15)6-13-7-4-3-5-8(10(7)11)18(12,16)17/h3-5,13H,6,11H2,1-2H3,(H2,12,16,17). The normalized spacial score (nSPS) is 11.1. The highest BCUT2D eigenvalue weighted by atomic mass is 32.2. The predicted octanol–water partition coefficient (Wildman–Crippen LogP) is -0.584. The maximum atomic E-state index is 11.4. The molecule has 0 radical (unpaired) electrons. The van der Waals surface area contributed by atoms with Crippen molar-refractivity contribution in [1.29, 1.82) is 0 Å². The van der Waals surface area contributed by atoms with E-state index in [0.29, 0.717) is 5.69 Å². The summed E-state index contributed by atoms with van der Waals surface area (Å²) in [6, 6.07) is 4.38. The van der Waals surface area contributed by atoms with Crippen molar-refractivity contribution in [2.75, 3.05) is 31.7 Å². The number of nitrogens with one attached hydrogen (secondary N) is 1. The number of sulfonamides is 1. The zero-order valence-electron chi connectivity index (χ0n) is 10.2. The van der Waals surface area contributed by atoms with Gasteiger partial charge in [0, 0.05) is 14.1 Å². The Kier molecular flexibility index (Phi) is 4.15. The summed E-state index contributed by atoms with van der Waals surface area (Å²) in [7, 11) is -0.633. The van der Waals surface area contributed by atoms with E-state index in [1.54, 1.807) is 20.2 Å². The fourth-order valence-electron chi connectivity index (χ4n) is 1.28. The summed E-state index contributed by atoms with van der Waals surface area (Å²) < 4.78 is 22.5. The minimum Gasteiger partial charge on any atom is -0.396 e. The van der Waals surface area contributed by atoms with Crippen molar-refractivity contribution in [1.82, 2.24) is 4.90 Å². The number of benzene rings is 1. The molecule has 0 saturated heterocycles. The number of rotatable bonds is 4. The van der Waals surface area contributed by atoms with Crippen LogP contribution in [0.3, 0.4) is 0 Å². The highest BCUT2D eigenvalue weighted by Crippen LogP contribution is 2.25. The molecule has 0 bridgehead atoms. The monoisotopic (exact) mass is 272 g/mol. The molecule has 7 nitrogen and oxygen atoms in total. The Morgan fingerprint density at radius 3 is 2.50 bits per heavy atom. The summed E-state index contributed by atoms with van der Waals surface area (Å²) in [5.74, 6) is -0.157. The fraction of sp³-hybridized carbons (Fsp3) is 0.300. The molecule has 5 N–H and O–H groups in total. The third kappa shape index (κ3) is 3.34. The molecule has 0 aliphatic carbocycles. The van der Waals surface area contributed by atoms with E-state index in [-0.39, 0.29) is 23.0 Å². The number of nitrogens with two attached hydrogens (primary N) is 2. The number of primary sulfonamides is 1. The molecular formula is C10H16N4O3S. The summed E-state index contributed by atoms with van der Waals surface area (Å²) in [5.41, 5.74) is 6.05. The van der Waals surface area contributed by atoms with Gasteiger partial charge in [-0.05, 0) is 12.1 Å². The first-order valence-electron chi connectivity index (χ1n) is 5.09. The van der Waals surface area contributed by atoms with Crippen molar-refractivity contribution in [2.24, 2.45) is 5.14 Å². The summed E-state index contributed by atoms with van der Waals surface area (Å²) in [6.07, 6.45) is 0. The molecule has 0 unspecified atom stereocenters. The molecule has 0 spiro atoms. The van der Waals surface area contributed by atoms with Crippen molar-refractivity contribution in [2.45, 2.75) is 4.90 Å². The van der Waals surface area contributed by atoms with E-state index in [1.165, 1.54) is 17.0 Å². The largest absolute Gasteiger partial charge is 0.396 e. The lowest BCUT2D eigenvalue weighted by molar-refractivity contribution is -0.126. The third-order valence-electron chi connectivity index (χ3n) is 2.30. The van der Waals surface area contributed by atoms with E-state index < -0.39 is 10.0 Å². The van der Waals surface area contributed by atoms with Crippen LogP contribution in [0.15, 0.2) is 23.1 Å². The molecule has 1 aromatic carbocycles. The van der Waals surface area contributed by atoms with Crippen molar-refractivity contribution in [3.8, 4) is 0 Å². The summed E-state index contributed by atoms with van der Waals surface area (Å²) in [5, 5.41) is 7.79. The lowest BCUT2D eigenvalue weighted by Gasteiger charge is -2.14. The van der Waals surface area contributed by atoms with Crippen LogP contribution in [-0.4, -0.2) is 39.9 Å². The Labute approximate surface area is 106 Å². The van der Waals surface area contributed by atoms with Crippen LogP contribution in [0, 0.1) is 0 Å². The number of hydrogen-bond donors (Lipinski definition) is 3. The topological polar surface area (TPSA) is 119 Å². The van der Waals surface area contributed by atoms with E-state index in [2.05, 4.69) is 5.32 Å². The zero-order valence-corrected chi connectivity index (χ0v) is 11.0. The van der Waals surface area contributed by atoms with Crippen molar-refractivity contribution < 1.29 is 13.2 Å². The lowest BCUT2D eigenvalue weighted by atomic mass is 10.2. The molecular weight excluding hydrogens is 256 g/mol. The molecule has 18 heavy (non-hydrogen) atoms. The first-order chi connectivity index (χ1) is 8.23. The Morgan fingerprint density at radius 1 is 1.39 bits per heavy atom. The molecule has 0 saturated carbocycles. The van der Waals surface area contributed by atoms with Gasteiger partial charge in [0.2, 0.25) is 15.9 Å². The van der Waals surface area contributed by atoms with Crippen molar-refractivity contribution in [3.63, 3.8) is 0 Å². The molecule has 8 heteroatoms. The molecule has 1 amide bonds. The number of likely N-dealkylation sites (N-methyl/N-ethyl adjacent to an activating group) is 1. The van der Waals surface area contributed by atoms with Gasteiger partial charge in [-0.3, -0.25) is 4.79 Å². The molecule has 0 aliphatic rings. The molecule has 0 atom stereocenters.